The summed E-state index contributed by atoms with van der Waals surface area (Å²) < 4.78 is 6.24. The molecule has 0 aliphatic rings. The fourth-order valence-electron chi connectivity index (χ4n) is 1.20. The zero-order valence-electron chi connectivity index (χ0n) is 7.85. The van der Waals surface area contributed by atoms with E-state index < -0.39 is 0 Å². The van der Waals surface area contributed by atoms with Gasteiger partial charge in [-0.05, 0) is 59.7 Å². The molecule has 0 fully saturated rings. The molecule has 0 unspecified atom stereocenters. The van der Waals surface area contributed by atoms with Crippen molar-refractivity contribution in [3.05, 3.63) is 26.8 Å². The summed E-state index contributed by atoms with van der Waals surface area (Å²) in [4.78, 5) is 10.8. The Bertz CT molecular complexity index is 322. The third-order valence-corrected chi connectivity index (χ3v) is 2.29. The lowest BCUT2D eigenvalue weighted by atomic mass is 10.1. The number of esters is 1. The Morgan fingerprint density at radius 2 is 1.77 bits per heavy atom. The van der Waals surface area contributed by atoms with Crippen LogP contribution in [0, 0.1) is 17.4 Å². The third kappa shape index (κ3) is 2.69. The molecule has 13 heavy (non-hydrogen) atoms. The number of carbonyl (C=O) groups is 1. The number of rotatable bonds is 1. The van der Waals surface area contributed by atoms with Crippen molar-refractivity contribution in [1.29, 1.82) is 0 Å². The van der Waals surface area contributed by atoms with Gasteiger partial charge < -0.3 is 4.74 Å². The summed E-state index contributed by atoms with van der Waals surface area (Å²) >= 11 is 2.24. The quantitative estimate of drug-likeness (QED) is 0.451. The highest BCUT2D eigenvalue weighted by atomic mass is 127. The molecule has 0 radical (unpaired) electrons. The second kappa shape index (κ2) is 4.09. The van der Waals surface area contributed by atoms with Crippen LogP contribution in [0.5, 0.6) is 5.75 Å². The molecular formula is C10H11IO2. The van der Waals surface area contributed by atoms with E-state index in [-0.39, 0.29) is 5.97 Å². The van der Waals surface area contributed by atoms with Crippen LogP contribution in [-0.2, 0) is 4.79 Å². The van der Waals surface area contributed by atoms with Crippen molar-refractivity contribution < 1.29 is 9.53 Å². The highest BCUT2D eigenvalue weighted by Crippen LogP contribution is 2.25. The van der Waals surface area contributed by atoms with Crippen molar-refractivity contribution >= 4 is 28.6 Å². The first-order chi connectivity index (χ1) is 6.00. The molecule has 0 aromatic heterocycles. The van der Waals surface area contributed by atoms with Crippen LogP contribution in [0.25, 0.3) is 0 Å². The predicted molar refractivity (Wildman–Crippen MR) is 59.9 cm³/mol. The van der Waals surface area contributed by atoms with Crippen LogP contribution in [0.4, 0.5) is 0 Å². The third-order valence-electron chi connectivity index (χ3n) is 1.67. The first kappa shape index (κ1) is 10.5. The van der Waals surface area contributed by atoms with Crippen molar-refractivity contribution in [2.75, 3.05) is 0 Å². The van der Waals surface area contributed by atoms with Crippen molar-refractivity contribution in [2.24, 2.45) is 0 Å². The average molecular weight is 290 g/mol. The van der Waals surface area contributed by atoms with Crippen LogP contribution < -0.4 is 4.74 Å². The Kier molecular flexibility index (Phi) is 3.30. The second-order valence-electron chi connectivity index (χ2n) is 2.96. The second-order valence-corrected chi connectivity index (χ2v) is 4.21. The van der Waals surface area contributed by atoms with E-state index in [0.29, 0.717) is 5.75 Å². The lowest BCUT2D eigenvalue weighted by molar-refractivity contribution is -0.131. The molecule has 0 saturated heterocycles. The van der Waals surface area contributed by atoms with Crippen LogP contribution in [0.1, 0.15) is 18.1 Å². The van der Waals surface area contributed by atoms with E-state index in [1.807, 2.05) is 26.0 Å². The Balaban J connectivity index is 3.13. The molecule has 0 spiro atoms. The van der Waals surface area contributed by atoms with E-state index in [1.165, 1.54) is 6.92 Å². The van der Waals surface area contributed by atoms with Gasteiger partial charge in [0.1, 0.15) is 5.75 Å². The zero-order valence-corrected chi connectivity index (χ0v) is 10.0. The Hall–Kier alpha value is -0.580. The molecule has 3 heteroatoms. The minimum atomic E-state index is -0.271. The minimum absolute atomic E-state index is 0.271. The molecule has 0 aliphatic carbocycles. The molecule has 0 heterocycles. The van der Waals surface area contributed by atoms with Crippen LogP contribution in [0.15, 0.2) is 12.1 Å². The number of benzene rings is 1. The Morgan fingerprint density at radius 3 is 2.15 bits per heavy atom. The summed E-state index contributed by atoms with van der Waals surface area (Å²) in [6.45, 7) is 5.29. The summed E-state index contributed by atoms with van der Waals surface area (Å²) in [5.41, 5.74) is 2.00. The molecule has 0 atom stereocenters. The summed E-state index contributed by atoms with van der Waals surface area (Å²) in [6, 6.07) is 3.98. The number of hydrogen-bond donors (Lipinski definition) is 0. The van der Waals surface area contributed by atoms with Gasteiger partial charge in [0.15, 0.2) is 0 Å². The van der Waals surface area contributed by atoms with Crippen LogP contribution in [0.3, 0.4) is 0 Å². The van der Waals surface area contributed by atoms with E-state index in [4.69, 9.17) is 4.74 Å². The topological polar surface area (TPSA) is 26.3 Å². The summed E-state index contributed by atoms with van der Waals surface area (Å²) in [5.74, 6) is 0.417. The lowest BCUT2D eigenvalue weighted by Crippen LogP contribution is -2.04. The van der Waals surface area contributed by atoms with Crippen LogP contribution in [-0.4, -0.2) is 5.97 Å². The maximum absolute atomic E-state index is 10.8. The largest absolute Gasteiger partial charge is 0.426 e. The zero-order chi connectivity index (χ0) is 10.0. The number of aryl methyl sites for hydroxylation is 2. The summed E-state index contributed by atoms with van der Waals surface area (Å²) in [6.07, 6.45) is 0. The van der Waals surface area contributed by atoms with E-state index in [2.05, 4.69) is 22.6 Å². The first-order valence-electron chi connectivity index (χ1n) is 3.96. The number of carbonyl (C=O) groups excluding carboxylic acids is 1. The maximum Gasteiger partial charge on any atom is 0.308 e. The standard InChI is InChI=1S/C10H11IO2/c1-6-4-9(11)5-7(2)10(6)13-8(3)12/h4-5H,1-3H3. The molecule has 0 bridgehead atoms. The number of hydrogen-bond acceptors (Lipinski definition) is 2. The van der Waals surface area contributed by atoms with Gasteiger partial charge in [0.2, 0.25) is 0 Å². The number of ether oxygens (including phenoxy) is 1. The van der Waals surface area contributed by atoms with Gasteiger partial charge in [0.25, 0.3) is 0 Å². The molecule has 0 aliphatic heterocycles. The fraction of sp³-hybridized carbons (Fsp3) is 0.300. The SMILES string of the molecule is CC(=O)Oc1c(C)cc(I)cc1C. The van der Waals surface area contributed by atoms with Crippen LogP contribution in [0.2, 0.25) is 0 Å². The van der Waals surface area contributed by atoms with Gasteiger partial charge in [-0.3, -0.25) is 4.79 Å². The molecule has 2 nitrogen and oxygen atoms in total. The average Bonchev–Trinajstić information content (AvgIpc) is 1.96. The molecule has 0 saturated carbocycles. The Labute approximate surface area is 91.4 Å². The number of halogens is 1. The van der Waals surface area contributed by atoms with Crippen molar-refractivity contribution in [1.82, 2.24) is 0 Å². The van der Waals surface area contributed by atoms with Crippen molar-refractivity contribution in [3.63, 3.8) is 0 Å². The molecule has 1 rings (SSSR count). The lowest BCUT2D eigenvalue weighted by Gasteiger charge is -2.09. The van der Waals surface area contributed by atoms with Gasteiger partial charge in [0.05, 0.1) is 0 Å². The van der Waals surface area contributed by atoms with Gasteiger partial charge in [-0.1, -0.05) is 0 Å². The summed E-state index contributed by atoms with van der Waals surface area (Å²) in [5, 5.41) is 0. The monoisotopic (exact) mass is 290 g/mol. The van der Waals surface area contributed by atoms with Gasteiger partial charge in [-0.25, -0.2) is 0 Å². The van der Waals surface area contributed by atoms with Gasteiger partial charge >= 0.3 is 5.97 Å². The highest BCUT2D eigenvalue weighted by Gasteiger charge is 2.07. The highest BCUT2D eigenvalue weighted by molar-refractivity contribution is 14.1. The molecule has 1 aromatic carbocycles. The molecule has 0 N–H and O–H groups in total. The van der Waals surface area contributed by atoms with Crippen molar-refractivity contribution in [2.45, 2.75) is 20.8 Å². The molecule has 1 aromatic rings. The predicted octanol–water partition coefficient (Wildman–Crippen LogP) is 2.83. The van der Waals surface area contributed by atoms with E-state index >= 15 is 0 Å². The Morgan fingerprint density at radius 1 is 1.31 bits per heavy atom. The van der Waals surface area contributed by atoms with Gasteiger partial charge in [-0.15, -0.1) is 0 Å². The maximum atomic E-state index is 10.8. The van der Waals surface area contributed by atoms with Crippen LogP contribution >= 0.6 is 22.6 Å². The van der Waals surface area contributed by atoms with Crippen molar-refractivity contribution in [3.8, 4) is 5.75 Å². The van der Waals surface area contributed by atoms with Gasteiger partial charge in [-0.2, -0.15) is 0 Å². The normalized spacial score (nSPS) is 9.85. The van der Waals surface area contributed by atoms with E-state index in [1.54, 1.807) is 0 Å². The molecular weight excluding hydrogens is 279 g/mol. The van der Waals surface area contributed by atoms with E-state index in [0.717, 1.165) is 14.7 Å². The molecule has 70 valence electrons. The minimum Gasteiger partial charge on any atom is -0.426 e. The fourth-order valence-corrected chi connectivity index (χ4v) is 2.14. The smallest absolute Gasteiger partial charge is 0.308 e. The van der Waals surface area contributed by atoms with Gasteiger partial charge in [0, 0.05) is 10.5 Å². The summed E-state index contributed by atoms with van der Waals surface area (Å²) in [7, 11) is 0. The molecule has 0 amide bonds. The first-order valence-corrected chi connectivity index (χ1v) is 5.03. The van der Waals surface area contributed by atoms with E-state index in [9.17, 15) is 4.79 Å².